The summed E-state index contributed by atoms with van der Waals surface area (Å²) in [5.74, 6) is -0.0353. The number of carbonyl (C=O) groups excluding carboxylic acids is 1. The molecule has 1 fully saturated rings. The minimum Gasteiger partial charge on any atom is -0.397 e. The second-order valence-electron chi connectivity index (χ2n) is 5.19. The van der Waals surface area contributed by atoms with E-state index in [1.165, 1.54) is 0 Å². The van der Waals surface area contributed by atoms with Gasteiger partial charge in [0, 0.05) is 25.9 Å². The molecular weight excluding hydrogens is 242 g/mol. The average Bonchev–Trinajstić information content (AvgIpc) is 2.96. The summed E-state index contributed by atoms with van der Waals surface area (Å²) in [5, 5.41) is 3.08. The van der Waals surface area contributed by atoms with Gasteiger partial charge < -0.3 is 20.4 Å². The van der Waals surface area contributed by atoms with Crippen LogP contribution in [0, 0.1) is 0 Å². The molecule has 1 aliphatic rings. The van der Waals surface area contributed by atoms with Crippen LogP contribution in [0.25, 0.3) is 0 Å². The molecule has 0 saturated heterocycles. The summed E-state index contributed by atoms with van der Waals surface area (Å²) in [7, 11) is 1.72. The summed E-state index contributed by atoms with van der Waals surface area (Å²) in [6.07, 6.45) is 5.96. The smallest absolute Gasteiger partial charge is 0.268 e. The third-order valence-electron chi connectivity index (χ3n) is 3.67. The van der Waals surface area contributed by atoms with Crippen LogP contribution >= 0.6 is 0 Å². The fourth-order valence-electron chi connectivity index (χ4n) is 2.69. The van der Waals surface area contributed by atoms with Gasteiger partial charge in [-0.25, -0.2) is 0 Å². The zero-order chi connectivity index (χ0) is 13.8. The molecule has 5 nitrogen and oxygen atoms in total. The van der Waals surface area contributed by atoms with Crippen LogP contribution < -0.4 is 11.1 Å². The molecule has 0 aliphatic heterocycles. The van der Waals surface area contributed by atoms with Crippen molar-refractivity contribution in [3.05, 3.63) is 18.0 Å². The molecular formula is C14H23N3O2. The summed E-state index contributed by atoms with van der Waals surface area (Å²) < 4.78 is 7.24. The highest BCUT2D eigenvalue weighted by atomic mass is 16.5. The lowest BCUT2D eigenvalue weighted by molar-refractivity contribution is 0.0906. The van der Waals surface area contributed by atoms with E-state index < -0.39 is 0 Å². The van der Waals surface area contributed by atoms with Crippen LogP contribution in [-0.2, 0) is 11.3 Å². The van der Waals surface area contributed by atoms with E-state index in [2.05, 4.69) is 12.2 Å². The molecule has 2 unspecified atom stereocenters. The fourth-order valence-corrected chi connectivity index (χ4v) is 2.69. The lowest BCUT2D eigenvalue weighted by Crippen LogP contribution is -2.34. The van der Waals surface area contributed by atoms with Gasteiger partial charge in [0.1, 0.15) is 5.69 Å². The van der Waals surface area contributed by atoms with E-state index in [0.29, 0.717) is 11.4 Å². The van der Waals surface area contributed by atoms with Crippen LogP contribution in [0.5, 0.6) is 0 Å². The standard InChI is InChI=1S/C14H23N3O2/c1-3-6-17-9-10(15)7-13(17)14(18)16-11-4-5-12(8-11)19-2/h7,9,11-12H,3-6,8,15H2,1-2H3,(H,16,18). The number of nitrogen functional groups attached to an aromatic ring is 1. The van der Waals surface area contributed by atoms with Gasteiger partial charge in [-0.3, -0.25) is 4.79 Å². The van der Waals surface area contributed by atoms with Crippen LogP contribution in [-0.4, -0.2) is 29.7 Å². The predicted octanol–water partition coefficient (Wildman–Crippen LogP) is 1.78. The van der Waals surface area contributed by atoms with Crippen molar-refractivity contribution >= 4 is 11.6 Å². The fraction of sp³-hybridized carbons (Fsp3) is 0.643. The normalized spacial score (nSPS) is 22.6. The number of nitrogens with one attached hydrogen (secondary N) is 1. The Morgan fingerprint density at radius 1 is 1.58 bits per heavy atom. The van der Waals surface area contributed by atoms with Gasteiger partial charge >= 0.3 is 0 Å². The van der Waals surface area contributed by atoms with Crippen molar-refractivity contribution in [3.63, 3.8) is 0 Å². The van der Waals surface area contributed by atoms with Crippen molar-refractivity contribution in [2.24, 2.45) is 0 Å². The van der Waals surface area contributed by atoms with E-state index in [4.69, 9.17) is 10.5 Å². The number of ether oxygens (including phenoxy) is 1. The zero-order valence-corrected chi connectivity index (χ0v) is 11.7. The number of aromatic nitrogens is 1. The van der Waals surface area contributed by atoms with Crippen LogP contribution in [0.3, 0.4) is 0 Å². The summed E-state index contributed by atoms with van der Waals surface area (Å²) >= 11 is 0. The maximum atomic E-state index is 12.3. The molecule has 1 heterocycles. The SMILES string of the molecule is CCCn1cc(N)cc1C(=O)NC1CCC(OC)C1. The predicted molar refractivity (Wildman–Crippen MR) is 75.0 cm³/mol. The second kappa shape index (κ2) is 6.10. The molecule has 0 aromatic carbocycles. The Morgan fingerprint density at radius 3 is 3.00 bits per heavy atom. The molecule has 1 amide bonds. The average molecular weight is 265 g/mol. The minimum atomic E-state index is -0.0353. The topological polar surface area (TPSA) is 69.3 Å². The molecule has 2 atom stereocenters. The molecule has 0 spiro atoms. The molecule has 1 aliphatic carbocycles. The quantitative estimate of drug-likeness (QED) is 0.852. The van der Waals surface area contributed by atoms with Crippen molar-refractivity contribution in [2.75, 3.05) is 12.8 Å². The van der Waals surface area contributed by atoms with Gasteiger partial charge in [-0.15, -0.1) is 0 Å². The number of carbonyl (C=O) groups is 1. The Balaban J connectivity index is 2.00. The number of anilines is 1. The van der Waals surface area contributed by atoms with Gasteiger partial charge in [0.05, 0.1) is 11.8 Å². The number of nitrogens with two attached hydrogens (primary N) is 1. The number of methoxy groups -OCH3 is 1. The first-order valence-corrected chi connectivity index (χ1v) is 6.93. The number of hydrogen-bond acceptors (Lipinski definition) is 3. The minimum absolute atomic E-state index is 0.0353. The molecule has 106 valence electrons. The Labute approximate surface area is 114 Å². The van der Waals surface area contributed by atoms with Gasteiger partial charge in [0.15, 0.2) is 0 Å². The molecule has 19 heavy (non-hydrogen) atoms. The number of rotatable bonds is 5. The maximum absolute atomic E-state index is 12.3. The number of amides is 1. The van der Waals surface area contributed by atoms with Crippen molar-refractivity contribution < 1.29 is 9.53 Å². The third-order valence-corrected chi connectivity index (χ3v) is 3.67. The molecule has 5 heteroatoms. The van der Waals surface area contributed by atoms with E-state index >= 15 is 0 Å². The Kier molecular flexibility index (Phi) is 4.47. The van der Waals surface area contributed by atoms with E-state index in [9.17, 15) is 4.79 Å². The Bertz CT molecular complexity index is 442. The van der Waals surface area contributed by atoms with Gasteiger partial charge in [-0.2, -0.15) is 0 Å². The largest absolute Gasteiger partial charge is 0.397 e. The number of nitrogens with zero attached hydrogens (tertiary/aromatic N) is 1. The van der Waals surface area contributed by atoms with E-state index in [-0.39, 0.29) is 18.1 Å². The van der Waals surface area contributed by atoms with Crippen LogP contribution in [0.1, 0.15) is 43.1 Å². The number of aryl methyl sites for hydroxylation is 1. The summed E-state index contributed by atoms with van der Waals surface area (Å²) in [4.78, 5) is 12.3. The molecule has 1 aromatic heterocycles. The summed E-state index contributed by atoms with van der Waals surface area (Å²) in [5.41, 5.74) is 7.07. The van der Waals surface area contributed by atoms with Gasteiger partial charge in [-0.1, -0.05) is 6.92 Å². The van der Waals surface area contributed by atoms with Crippen molar-refractivity contribution in [1.29, 1.82) is 0 Å². The van der Waals surface area contributed by atoms with Gasteiger partial charge in [-0.05, 0) is 31.7 Å². The van der Waals surface area contributed by atoms with Gasteiger partial charge in [0.2, 0.25) is 0 Å². The van der Waals surface area contributed by atoms with Crippen LogP contribution in [0.4, 0.5) is 5.69 Å². The highest BCUT2D eigenvalue weighted by molar-refractivity contribution is 5.94. The molecule has 0 radical (unpaired) electrons. The first-order valence-electron chi connectivity index (χ1n) is 6.93. The van der Waals surface area contributed by atoms with Crippen LogP contribution in [0.2, 0.25) is 0 Å². The Morgan fingerprint density at radius 2 is 2.37 bits per heavy atom. The molecule has 0 bridgehead atoms. The Hall–Kier alpha value is -1.49. The first-order chi connectivity index (χ1) is 9.13. The number of hydrogen-bond donors (Lipinski definition) is 2. The van der Waals surface area contributed by atoms with E-state index in [0.717, 1.165) is 32.2 Å². The zero-order valence-electron chi connectivity index (χ0n) is 11.7. The summed E-state index contributed by atoms with van der Waals surface area (Å²) in [6, 6.07) is 1.96. The van der Waals surface area contributed by atoms with Crippen LogP contribution in [0.15, 0.2) is 12.3 Å². The molecule has 1 aromatic rings. The van der Waals surface area contributed by atoms with Crippen molar-refractivity contribution in [2.45, 2.75) is 51.3 Å². The van der Waals surface area contributed by atoms with E-state index in [1.54, 1.807) is 13.2 Å². The highest BCUT2D eigenvalue weighted by Crippen LogP contribution is 2.22. The monoisotopic (exact) mass is 265 g/mol. The highest BCUT2D eigenvalue weighted by Gasteiger charge is 2.26. The maximum Gasteiger partial charge on any atom is 0.268 e. The van der Waals surface area contributed by atoms with E-state index in [1.807, 2.05) is 10.8 Å². The second-order valence-corrected chi connectivity index (χ2v) is 5.19. The molecule has 3 N–H and O–H groups in total. The molecule has 2 rings (SSSR count). The van der Waals surface area contributed by atoms with Crippen molar-refractivity contribution in [1.82, 2.24) is 9.88 Å². The van der Waals surface area contributed by atoms with Gasteiger partial charge in [0.25, 0.3) is 5.91 Å². The van der Waals surface area contributed by atoms with Crippen molar-refractivity contribution in [3.8, 4) is 0 Å². The third kappa shape index (κ3) is 3.29. The lowest BCUT2D eigenvalue weighted by atomic mass is 10.2. The first kappa shape index (κ1) is 13.9. The molecule has 1 saturated carbocycles. The lowest BCUT2D eigenvalue weighted by Gasteiger charge is -2.14. The summed E-state index contributed by atoms with van der Waals surface area (Å²) in [6.45, 7) is 2.89.